The van der Waals surface area contributed by atoms with Gasteiger partial charge in [-0.3, -0.25) is 14.9 Å². The molecule has 0 unspecified atom stereocenters. The summed E-state index contributed by atoms with van der Waals surface area (Å²) in [6.07, 6.45) is 0.404. The third-order valence-corrected chi connectivity index (χ3v) is 1.83. The van der Waals surface area contributed by atoms with Crippen LogP contribution in [-0.4, -0.2) is 18.4 Å². The molecule has 0 aliphatic heterocycles. The zero-order valence-electron chi connectivity index (χ0n) is 8.10. The van der Waals surface area contributed by atoms with Crippen LogP contribution in [0.5, 0.6) is 0 Å². The van der Waals surface area contributed by atoms with E-state index in [4.69, 9.17) is 4.74 Å². The highest BCUT2D eigenvalue weighted by molar-refractivity contribution is 5.79. The van der Waals surface area contributed by atoms with Gasteiger partial charge in [0.25, 0.3) is 5.69 Å². The Morgan fingerprint density at radius 2 is 2.33 bits per heavy atom. The number of carbonyl (C=O) groups excluding carboxylic acids is 1. The summed E-state index contributed by atoms with van der Waals surface area (Å²) in [6.45, 7) is 0.206. The van der Waals surface area contributed by atoms with E-state index in [1.165, 1.54) is 13.2 Å². The molecular weight excluding hydrogens is 200 g/mol. The summed E-state index contributed by atoms with van der Waals surface area (Å²) in [5.74, 6) is 0. The molecule has 1 aromatic carbocycles. The average Bonchev–Trinajstić information content (AvgIpc) is 2.21. The van der Waals surface area contributed by atoms with E-state index < -0.39 is 4.92 Å². The zero-order chi connectivity index (χ0) is 11.3. The van der Waals surface area contributed by atoms with Crippen molar-refractivity contribution in [2.45, 2.75) is 6.61 Å². The molecule has 0 fully saturated rings. The number of hydrogen-bond acceptors (Lipinski definition) is 4. The van der Waals surface area contributed by atoms with E-state index >= 15 is 0 Å². The minimum absolute atomic E-state index is 0.142. The molecule has 6 nitrogen and oxygen atoms in total. The molecular formula is C9H10N2O4. The first-order valence-corrected chi connectivity index (χ1v) is 4.16. The molecule has 1 N–H and O–H groups in total. The minimum atomic E-state index is -0.551. The molecule has 0 spiro atoms. The van der Waals surface area contributed by atoms with Crippen molar-refractivity contribution in [2.75, 3.05) is 12.4 Å². The Kier molecular flexibility index (Phi) is 3.75. The number of carbonyl (C=O) groups is 1. The van der Waals surface area contributed by atoms with Crippen molar-refractivity contribution in [1.29, 1.82) is 0 Å². The fraction of sp³-hybridized carbons (Fsp3) is 0.222. The van der Waals surface area contributed by atoms with Crippen LogP contribution in [0.1, 0.15) is 5.56 Å². The van der Waals surface area contributed by atoms with Gasteiger partial charge in [0.15, 0.2) is 0 Å². The summed E-state index contributed by atoms with van der Waals surface area (Å²) < 4.78 is 4.87. The lowest BCUT2D eigenvalue weighted by Gasteiger charge is -2.07. The molecule has 0 saturated carbocycles. The Balaban J connectivity index is 3.20. The monoisotopic (exact) mass is 210 g/mol. The number of ether oxygens (including phenoxy) is 1. The van der Waals surface area contributed by atoms with Crippen LogP contribution in [-0.2, 0) is 16.1 Å². The minimum Gasteiger partial charge on any atom is -0.380 e. The highest BCUT2D eigenvalue weighted by Crippen LogP contribution is 2.28. The molecule has 0 radical (unpaired) electrons. The van der Waals surface area contributed by atoms with Crippen molar-refractivity contribution in [3.8, 4) is 0 Å². The number of nitro benzene ring substituents is 1. The summed E-state index contributed by atoms with van der Waals surface area (Å²) in [7, 11) is 1.48. The number of nitro groups is 1. The van der Waals surface area contributed by atoms with Crippen molar-refractivity contribution in [2.24, 2.45) is 0 Å². The molecule has 1 amide bonds. The van der Waals surface area contributed by atoms with Crippen LogP contribution in [0, 0.1) is 10.1 Å². The van der Waals surface area contributed by atoms with Gasteiger partial charge in [0, 0.05) is 18.7 Å². The lowest BCUT2D eigenvalue weighted by molar-refractivity contribution is -0.384. The number of hydrogen-bond donors (Lipinski definition) is 1. The van der Waals surface area contributed by atoms with Crippen molar-refractivity contribution in [1.82, 2.24) is 0 Å². The lowest BCUT2D eigenvalue weighted by atomic mass is 10.1. The van der Waals surface area contributed by atoms with Crippen LogP contribution in [0.4, 0.5) is 11.4 Å². The first-order chi connectivity index (χ1) is 7.20. The van der Waals surface area contributed by atoms with Gasteiger partial charge < -0.3 is 10.1 Å². The van der Waals surface area contributed by atoms with Crippen LogP contribution in [0.15, 0.2) is 18.2 Å². The van der Waals surface area contributed by atoms with E-state index in [1.807, 2.05) is 0 Å². The quantitative estimate of drug-likeness (QED) is 0.451. The van der Waals surface area contributed by atoms with Gasteiger partial charge in [-0.05, 0) is 0 Å². The predicted molar refractivity (Wildman–Crippen MR) is 53.5 cm³/mol. The van der Waals surface area contributed by atoms with Gasteiger partial charge in [0.2, 0.25) is 6.41 Å². The Hall–Kier alpha value is -1.95. The second kappa shape index (κ2) is 5.06. The fourth-order valence-corrected chi connectivity index (χ4v) is 1.24. The van der Waals surface area contributed by atoms with Gasteiger partial charge in [-0.15, -0.1) is 0 Å². The summed E-state index contributed by atoms with van der Waals surface area (Å²) in [5, 5.41) is 13.0. The summed E-state index contributed by atoms with van der Waals surface area (Å²) in [4.78, 5) is 20.4. The smallest absolute Gasteiger partial charge is 0.293 e. The van der Waals surface area contributed by atoms with Crippen LogP contribution in [0.3, 0.4) is 0 Å². The molecule has 80 valence electrons. The van der Waals surface area contributed by atoms with Crippen LogP contribution in [0.2, 0.25) is 0 Å². The zero-order valence-corrected chi connectivity index (χ0v) is 8.10. The summed E-state index contributed by atoms with van der Waals surface area (Å²) in [6, 6.07) is 4.52. The number of rotatable bonds is 5. The Labute approximate surface area is 86.0 Å². The van der Waals surface area contributed by atoms with Gasteiger partial charge in [0.05, 0.1) is 11.5 Å². The lowest BCUT2D eigenvalue weighted by Crippen LogP contribution is -2.04. The first kappa shape index (κ1) is 11.1. The highest BCUT2D eigenvalue weighted by atomic mass is 16.6. The average molecular weight is 210 g/mol. The highest BCUT2D eigenvalue weighted by Gasteiger charge is 2.16. The van der Waals surface area contributed by atoms with Gasteiger partial charge in [-0.1, -0.05) is 12.1 Å². The maximum Gasteiger partial charge on any atom is 0.293 e. The normalized spacial score (nSPS) is 9.67. The third kappa shape index (κ3) is 2.50. The number of anilines is 1. The van der Waals surface area contributed by atoms with Crippen LogP contribution < -0.4 is 5.32 Å². The molecule has 0 saturated heterocycles. The van der Waals surface area contributed by atoms with Crippen LogP contribution >= 0.6 is 0 Å². The summed E-state index contributed by atoms with van der Waals surface area (Å²) in [5.41, 5.74) is 0.606. The van der Waals surface area contributed by atoms with Gasteiger partial charge in [-0.25, -0.2) is 0 Å². The van der Waals surface area contributed by atoms with E-state index in [-0.39, 0.29) is 18.0 Å². The van der Waals surface area contributed by atoms with Gasteiger partial charge in [0.1, 0.15) is 5.69 Å². The SMILES string of the molecule is COCc1cccc([N+](=O)[O-])c1NC=O. The third-order valence-electron chi connectivity index (χ3n) is 1.83. The predicted octanol–water partition coefficient (Wildman–Crippen LogP) is 1.31. The maximum absolute atomic E-state index is 10.7. The maximum atomic E-state index is 10.7. The Bertz CT molecular complexity index is 378. The molecule has 0 aromatic heterocycles. The second-order valence-corrected chi connectivity index (χ2v) is 2.76. The van der Waals surface area contributed by atoms with Crippen molar-refractivity contribution < 1.29 is 14.5 Å². The second-order valence-electron chi connectivity index (χ2n) is 2.76. The number of para-hydroxylation sites is 1. The number of amides is 1. The molecule has 0 heterocycles. The molecule has 0 bridgehead atoms. The number of benzene rings is 1. The van der Waals surface area contributed by atoms with Crippen LogP contribution in [0.25, 0.3) is 0 Å². The van der Waals surface area contributed by atoms with E-state index in [0.717, 1.165) is 0 Å². The van der Waals surface area contributed by atoms with E-state index in [2.05, 4.69) is 5.32 Å². The van der Waals surface area contributed by atoms with Gasteiger partial charge >= 0.3 is 0 Å². The molecule has 1 aromatic rings. The Morgan fingerprint density at radius 1 is 1.60 bits per heavy atom. The molecule has 0 atom stereocenters. The van der Waals surface area contributed by atoms with Crippen molar-refractivity contribution >= 4 is 17.8 Å². The summed E-state index contributed by atoms with van der Waals surface area (Å²) >= 11 is 0. The largest absolute Gasteiger partial charge is 0.380 e. The number of nitrogens with zero attached hydrogens (tertiary/aromatic N) is 1. The van der Waals surface area contributed by atoms with E-state index in [9.17, 15) is 14.9 Å². The molecule has 0 aliphatic rings. The van der Waals surface area contributed by atoms with E-state index in [1.54, 1.807) is 12.1 Å². The first-order valence-electron chi connectivity index (χ1n) is 4.16. The molecule has 6 heteroatoms. The molecule has 15 heavy (non-hydrogen) atoms. The standard InChI is InChI=1S/C9H10N2O4/c1-15-5-7-3-2-4-8(11(13)14)9(7)10-6-12/h2-4,6H,5H2,1H3,(H,10,12). The van der Waals surface area contributed by atoms with Gasteiger partial charge in [-0.2, -0.15) is 0 Å². The number of nitrogens with one attached hydrogen (secondary N) is 1. The number of methoxy groups -OCH3 is 1. The van der Waals surface area contributed by atoms with E-state index in [0.29, 0.717) is 12.0 Å². The fourth-order valence-electron chi connectivity index (χ4n) is 1.24. The van der Waals surface area contributed by atoms with Crippen molar-refractivity contribution in [3.63, 3.8) is 0 Å². The molecule has 1 rings (SSSR count). The van der Waals surface area contributed by atoms with Crippen molar-refractivity contribution in [3.05, 3.63) is 33.9 Å². The Morgan fingerprint density at radius 3 is 2.87 bits per heavy atom. The topological polar surface area (TPSA) is 81.5 Å². The molecule has 0 aliphatic carbocycles.